The predicted octanol–water partition coefficient (Wildman–Crippen LogP) is 3.99. The second kappa shape index (κ2) is 8.53. The van der Waals surface area contributed by atoms with E-state index in [1.54, 1.807) is 59.3 Å². The minimum atomic E-state index is -0.319. The lowest BCUT2D eigenvalue weighted by Crippen LogP contribution is -2.45. The summed E-state index contributed by atoms with van der Waals surface area (Å²) in [6, 6.07) is 13.2. The molecule has 6 heteroatoms. The van der Waals surface area contributed by atoms with Crippen molar-refractivity contribution in [3.63, 3.8) is 0 Å². The first-order valence-corrected chi connectivity index (χ1v) is 9.36. The van der Waals surface area contributed by atoms with E-state index in [-0.39, 0.29) is 30.1 Å². The van der Waals surface area contributed by atoms with Crippen molar-refractivity contribution in [1.82, 2.24) is 9.80 Å². The molecule has 0 spiro atoms. The van der Waals surface area contributed by atoms with Crippen LogP contribution in [0.1, 0.15) is 28.8 Å². The average Bonchev–Trinajstić information content (AvgIpc) is 2.69. The summed E-state index contributed by atoms with van der Waals surface area (Å²) >= 11 is 5.88. The fraction of sp³-hybridized carbons (Fsp3) is 0.333. The van der Waals surface area contributed by atoms with Crippen LogP contribution in [0.5, 0.6) is 0 Å². The maximum atomic E-state index is 13.8. The van der Waals surface area contributed by atoms with Gasteiger partial charge in [-0.3, -0.25) is 9.59 Å². The Morgan fingerprint density at radius 3 is 2.59 bits per heavy atom. The van der Waals surface area contributed by atoms with Gasteiger partial charge < -0.3 is 9.80 Å². The third-order valence-corrected chi connectivity index (χ3v) is 5.14. The molecule has 0 radical (unpaired) electrons. The SMILES string of the molecule is CN(Cc1ccccc1F)C(=O)[C@H]1CCCN(C(=O)c2ccc(Cl)cc2)C1. The molecule has 2 aromatic rings. The highest BCUT2D eigenvalue weighted by molar-refractivity contribution is 6.30. The van der Waals surface area contributed by atoms with Gasteiger partial charge in [0.2, 0.25) is 5.91 Å². The zero-order chi connectivity index (χ0) is 19.4. The van der Waals surface area contributed by atoms with Gasteiger partial charge >= 0.3 is 0 Å². The number of amides is 2. The van der Waals surface area contributed by atoms with E-state index in [1.807, 2.05) is 0 Å². The molecule has 0 aliphatic carbocycles. The first-order chi connectivity index (χ1) is 13.0. The lowest BCUT2D eigenvalue weighted by Gasteiger charge is -2.34. The van der Waals surface area contributed by atoms with Crippen LogP contribution in [-0.4, -0.2) is 41.8 Å². The molecule has 1 atom stereocenters. The quantitative estimate of drug-likeness (QED) is 0.794. The summed E-state index contributed by atoms with van der Waals surface area (Å²) in [5.74, 6) is -0.750. The van der Waals surface area contributed by atoms with Crippen LogP contribution in [0, 0.1) is 11.7 Å². The van der Waals surface area contributed by atoms with Crippen LogP contribution in [-0.2, 0) is 11.3 Å². The number of piperidine rings is 1. The van der Waals surface area contributed by atoms with Crippen molar-refractivity contribution in [2.75, 3.05) is 20.1 Å². The van der Waals surface area contributed by atoms with Gasteiger partial charge in [0, 0.05) is 42.8 Å². The number of likely N-dealkylation sites (tertiary alicyclic amines) is 1. The van der Waals surface area contributed by atoms with Gasteiger partial charge in [0.15, 0.2) is 0 Å². The Morgan fingerprint density at radius 2 is 1.89 bits per heavy atom. The maximum Gasteiger partial charge on any atom is 0.253 e. The minimum Gasteiger partial charge on any atom is -0.341 e. The van der Waals surface area contributed by atoms with Crippen LogP contribution in [0.3, 0.4) is 0 Å². The summed E-state index contributed by atoms with van der Waals surface area (Å²) in [5.41, 5.74) is 1.05. The zero-order valence-corrected chi connectivity index (χ0v) is 16.0. The van der Waals surface area contributed by atoms with Crippen LogP contribution < -0.4 is 0 Å². The molecule has 1 aliphatic rings. The molecule has 1 fully saturated rings. The number of carbonyl (C=O) groups excluding carboxylic acids is 2. The van der Waals surface area contributed by atoms with Crippen molar-refractivity contribution >= 4 is 23.4 Å². The molecular formula is C21H22ClFN2O2. The summed E-state index contributed by atoms with van der Waals surface area (Å²) in [4.78, 5) is 28.8. The fourth-order valence-corrected chi connectivity index (χ4v) is 3.54. The molecule has 0 saturated carbocycles. The highest BCUT2D eigenvalue weighted by atomic mass is 35.5. The molecule has 4 nitrogen and oxygen atoms in total. The first-order valence-electron chi connectivity index (χ1n) is 8.99. The summed E-state index contributed by atoms with van der Waals surface area (Å²) in [6.45, 7) is 1.22. The van der Waals surface area contributed by atoms with Crippen LogP contribution in [0.2, 0.25) is 5.02 Å². The second-order valence-corrected chi connectivity index (χ2v) is 7.32. The van der Waals surface area contributed by atoms with Crippen molar-refractivity contribution in [3.8, 4) is 0 Å². The largest absolute Gasteiger partial charge is 0.341 e. The van der Waals surface area contributed by atoms with Crippen molar-refractivity contribution in [3.05, 3.63) is 70.5 Å². The zero-order valence-electron chi connectivity index (χ0n) is 15.2. The van der Waals surface area contributed by atoms with E-state index in [2.05, 4.69) is 0 Å². The molecule has 1 aliphatic heterocycles. The fourth-order valence-electron chi connectivity index (χ4n) is 3.41. The maximum absolute atomic E-state index is 13.8. The van der Waals surface area contributed by atoms with Gasteiger partial charge in [-0.15, -0.1) is 0 Å². The lowest BCUT2D eigenvalue weighted by molar-refractivity contribution is -0.136. The molecule has 0 N–H and O–H groups in total. The number of halogens is 2. The third kappa shape index (κ3) is 4.66. The normalized spacial score (nSPS) is 16.9. The predicted molar refractivity (Wildman–Crippen MR) is 103 cm³/mol. The van der Waals surface area contributed by atoms with Gasteiger partial charge in [0.05, 0.1) is 5.92 Å². The summed E-state index contributed by atoms with van der Waals surface area (Å²) in [7, 11) is 1.68. The van der Waals surface area contributed by atoms with Crippen molar-refractivity contribution in [2.24, 2.45) is 5.92 Å². The van der Waals surface area contributed by atoms with Gasteiger partial charge in [-0.1, -0.05) is 29.8 Å². The van der Waals surface area contributed by atoms with E-state index in [1.165, 1.54) is 6.07 Å². The smallest absolute Gasteiger partial charge is 0.253 e. The first kappa shape index (κ1) is 19.4. The van der Waals surface area contributed by atoms with Crippen LogP contribution in [0.15, 0.2) is 48.5 Å². The number of carbonyl (C=O) groups is 2. The van der Waals surface area contributed by atoms with Crippen molar-refractivity contribution < 1.29 is 14.0 Å². The second-order valence-electron chi connectivity index (χ2n) is 6.88. The Labute approximate surface area is 163 Å². The average molecular weight is 389 g/mol. The Balaban J connectivity index is 1.64. The number of hydrogen-bond donors (Lipinski definition) is 0. The standard InChI is InChI=1S/C21H22ClFN2O2/c1-24(13-16-5-2-3-7-19(16)23)20(26)17-6-4-12-25(14-17)21(27)15-8-10-18(22)11-9-15/h2-3,5,7-11,17H,4,6,12-14H2,1H3/t17-/m0/s1. The van der Waals surface area contributed by atoms with Crippen molar-refractivity contribution in [2.45, 2.75) is 19.4 Å². The molecule has 2 amide bonds. The highest BCUT2D eigenvalue weighted by Crippen LogP contribution is 2.22. The topological polar surface area (TPSA) is 40.6 Å². The van der Waals surface area contributed by atoms with Gasteiger partial charge in [-0.2, -0.15) is 0 Å². The molecule has 1 saturated heterocycles. The summed E-state index contributed by atoms with van der Waals surface area (Å²) in [6.07, 6.45) is 1.49. The molecule has 0 unspecified atom stereocenters. The number of benzene rings is 2. The molecule has 2 aromatic carbocycles. The Hall–Kier alpha value is -2.40. The van der Waals surface area contributed by atoms with Crippen LogP contribution in [0.4, 0.5) is 4.39 Å². The Morgan fingerprint density at radius 1 is 1.19 bits per heavy atom. The van der Waals surface area contributed by atoms with Crippen LogP contribution >= 0.6 is 11.6 Å². The van der Waals surface area contributed by atoms with E-state index in [4.69, 9.17) is 11.6 Å². The van der Waals surface area contributed by atoms with Crippen LogP contribution in [0.25, 0.3) is 0 Å². The van der Waals surface area contributed by atoms with E-state index in [0.717, 1.165) is 12.8 Å². The Bertz CT molecular complexity index is 825. The number of nitrogens with zero attached hydrogens (tertiary/aromatic N) is 2. The van der Waals surface area contributed by atoms with Gasteiger partial charge in [0.1, 0.15) is 5.82 Å². The van der Waals surface area contributed by atoms with E-state index in [0.29, 0.717) is 29.2 Å². The number of hydrogen-bond acceptors (Lipinski definition) is 2. The molecule has 1 heterocycles. The summed E-state index contributed by atoms with van der Waals surface area (Å²) in [5, 5.41) is 0.577. The molecule has 27 heavy (non-hydrogen) atoms. The monoisotopic (exact) mass is 388 g/mol. The van der Waals surface area contributed by atoms with Gasteiger partial charge in [0.25, 0.3) is 5.91 Å². The summed E-state index contributed by atoms with van der Waals surface area (Å²) < 4.78 is 13.8. The molecule has 0 bridgehead atoms. The van der Waals surface area contributed by atoms with E-state index < -0.39 is 0 Å². The van der Waals surface area contributed by atoms with Gasteiger partial charge in [-0.25, -0.2) is 4.39 Å². The van der Waals surface area contributed by atoms with Gasteiger partial charge in [-0.05, 0) is 43.2 Å². The molecule has 0 aromatic heterocycles. The van der Waals surface area contributed by atoms with E-state index in [9.17, 15) is 14.0 Å². The third-order valence-electron chi connectivity index (χ3n) is 4.89. The van der Waals surface area contributed by atoms with E-state index >= 15 is 0 Å². The Kier molecular flexibility index (Phi) is 6.11. The highest BCUT2D eigenvalue weighted by Gasteiger charge is 2.30. The molecule has 3 rings (SSSR count). The lowest BCUT2D eigenvalue weighted by atomic mass is 9.95. The van der Waals surface area contributed by atoms with Crippen molar-refractivity contribution in [1.29, 1.82) is 0 Å². The molecular weight excluding hydrogens is 367 g/mol. The minimum absolute atomic E-state index is 0.0631. The molecule has 142 valence electrons. The number of rotatable bonds is 4.